The maximum absolute atomic E-state index is 14.3. The van der Waals surface area contributed by atoms with Crippen LogP contribution in [-0.4, -0.2) is 17.6 Å². The number of carboxylic acids is 1. The van der Waals surface area contributed by atoms with Gasteiger partial charge < -0.3 is 15.2 Å². The van der Waals surface area contributed by atoms with Crippen molar-refractivity contribution >= 4 is 43.5 Å². The van der Waals surface area contributed by atoms with Crippen LogP contribution in [-0.2, 0) is 17.8 Å². The molecule has 0 aromatic heterocycles. The molecule has 2 aromatic carbocycles. The maximum atomic E-state index is 14.3. The summed E-state index contributed by atoms with van der Waals surface area (Å²) in [5.74, 6) is -0.753. The molecule has 0 atom stereocenters. The molecule has 4 nitrogen and oxygen atoms in total. The van der Waals surface area contributed by atoms with E-state index >= 15 is 0 Å². The molecule has 2 aromatic rings. The van der Waals surface area contributed by atoms with Crippen molar-refractivity contribution in [1.82, 2.24) is 0 Å². The second-order valence-corrected chi connectivity index (χ2v) is 6.77. The van der Waals surface area contributed by atoms with Gasteiger partial charge in [-0.1, -0.05) is 12.1 Å². The Hall–Kier alpha value is -1.60. The molecular weight excluding hydrogens is 445 g/mol. The average Bonchev–Trinajstić information content (AvgIpc) is 2.49. The lowest BCUT2D eigenvalue weighted by Gasteiger charge is -2.14. The normalized spacial score (nSPS) is 10.5. The van der Waals surface area contributed by atoms with E-state index in [0.717, 1.165) is 0 Å². The third kappa shape index (κ3) is 4.70. The Morgan fingerprint density at radius 2 is 1.96 bits per heavy atom. The van der Waals surface area contributed by atoms with Crippen molar-refractivity contribution in [2.24, 2.45) is 0 Å². The van der Waals surface area contributed by atoms with Crippen molar-refractivity contribution < 1.29 is 19.0 Å². The molecule has 0 aliphatic heterocycles. The number of halogens is 3. The zero-order chi connectivity index (χ0) is 17.7. The summed E-state index contributed by atoms with van der Waals surface area (Å²) in [5, 5.41) is 11.8. The lowest BCUT2D eigenvalue weighted by atomic mass is 10.1. The number of carbonyl (C=O) groups is 1. The topological polar surface area (TPSA) is 58.6 Å². The van der Waals surface area contributed by atoms with Gasteiger partial charge in [-0.2, -0.15) is 0 Å². The standard InChI is InChI=1S/C17H16Br2FNO3/c1-2-21-14-5-3-4-11(16(14)20)9-24-17-12(18)6-10(7-13(17)19)8-15(22)23/h3-7,21H,2,8-9H2,1H3,(H,22,23). The van der Waals surface area contributed by atoms with E-state index in [2.05, 4.69) is 37.2 Å². The first-order valence-corrected chi connectivity index (χ1v) is 8.84. The lowest BCUT2D eigenvalue weighted by molar-refractivity contribution is -0.136. The molecule has 0 saturated heterocycles. The highest BCUT2D eigenvalue weighted by Gasteiger charge is 2.13. The van der Waals surface area contributed by atoms with E-state index in [1.807, 2.05) is 6.92 Å². The first-order chi connectivity index (χ1) is 11.4. The van der Waals surface area contributed by atoms with E-state index < -0.39 is 5.97 Å². The van der Waals surface area contributed by atoms with Gasteiger partial charge in [0.1, 0.15) is 12.4 Å². The third-order valence-electron chi connectivity index (χ3n) is 3.23. The molecule has 0 amide bonds. The fraction of sp³-hybridized carbons (Fsp3) is 0.235. The zero-order valence-corrected chi connectivity index (χ0v) is 16.1. The van der Waals surface area contributed by atoms with Crippen LogP contribution in [0.15, 0.2) is 39.3 Å². The molecule has 2 N–H and O–H groups in total. The van der Waals surface area contributed by atoms with Gasteiger partial charge in [-0.15, -0.1) is 0 Å². The Morgan fingerprint density at radius 3 is 2.54 bits per heavy atom. The SMILES string of the molecule is CCNc1cccc(COc2c(Br)cc(CC(=O)O)cc2Br)c1F. The molecule has 24 heavy (non-hydrogen) atoms. The van der Waals surface area contributed by atoms with Crippen molar-refractivity contribution in [3.63, 3.8) is 0 Å². The van der Waals surface area contributed by atoms with Crippen LogP contribution in [0.3, 0.4) is 0 Å². The van der Waals surface area contributed by atoms with Crippen LogP contribution in [0.4, 0.5) is 10.1 Å². The zero-order valence-electron chi connectivity index (χ0n) is 12.9. The summed E-state index contributed by atoms with van der Waals surface area (Å²) in [7, 11) is 0. The number of rotatable bonds is 7. The second kappa shape index (κ2) is 8.48. The summed E-state index contributed by atoms with van der Waals surface area (Å²) < 4.78 is 21.3. The number of hydrogen-bond acceptors (Lipinski definition) is 3. The predicted octanol–water partition coefficient (Wildman–Crippen LogP) is 4.99. The largest absolute Gasteiger partial charge is 0.486 e. The van der Waals surface area contributed by atoms with E-state index in [1.165, 1.54) is 0 Å². The van der Waals surface area contributed by atoms with Crippen LogP contribution in [0, 0.1) is 5.82 Å². The number of hydrogen-bond donors (Lipinski definition) is 2. The summed E-state index contributed by atoms with van der Waals surface area (Å²) in [6.07, 6.45) is -0.0865. The molecule has 2 rings (SSSR count). The first kappa shape index (κ1) is 18.7. The fourth-order valence-corrected chi connectivity index (χ4v) is 3.71. The van der Waals surface area contributed by atoms with Crippen molar-refractivity contribution in [3.05, 3.63) is 56.2 Å². The smallest absolute Gasteiger partial charge is 0.307 e. The number of aliphatic carboxylic acids is 1. The number of anilines is 1. The summed E-state index contributed by atoms with van der Waals surface area (Å²) in [4.78, 5) is 10.8. The number of benzene rings is 2. The molecule has 0 heterocycles. The van der Waals surface area contributed by atoms with Crippen LogP contribution in [0.25, 0.3) is 0 Å². The van der Waals surface area contributed by atoms with Crippen LogP contribution in [0.5, 0.6) is 5.75 Å². The van der Waals surface area contributed by atoms with Gasteiger partial charge in [-0.05, 0) is 62.5 Å². The molecule has 0 unspecified atom stereocenters. The van der Waals surface area contributed by atoms with Gasteiger partial charge in [0.05, 0.1) is 21.1 Å². The minimum atomic E-state index is -0.912. The molecule has 0 aliphatic carbocycles. The minimum Gasteiger partial charge on any atom is -0.486 e. The Morgan fingerprint density at radius 1 is 1.29 bits per heavy atom. The second-order valence-electron chi connectivity index (χ2n) is 5.06. The molecule has 0 aliphatic rings. The lowest BCUT2D eigenvalue weighted by Crippen LogP contribution is -2.05. The van der Waals surface area contributed by atoms with Gasteiger partial charge in [-0.25, -0.2) is 4.39 Å². The van der Waals surface area contributed by atoms with Gasteiger partial charge >= 0.3 is 5.97 Å². The number of nitrogens with one attached hydrogen (secondary N) is 1. The summed E-state index contributed by atoms with van der Waals surface area (Å²) >= 11 is 6.73. The molecule has 0 spiro atoms. The molecule has 0 bridgehead atoms. The van der Waals surface area contributed by atoms with E-state index in [9.17, 15) is 9.18 Å². The molecule has 0 fully saturated rings. The van der Waals surface area contributed by atoms with Gasteiger partial charge in [0.25, 0.3) is 0 Å². The number of ether oxygens (including phenoxy) is 1. The Balaban J connectivity index is 2.18. The maximum Gasteiger partial charge on any atom is 0.307 e. The quantitative estimate of drug-likeness (QED) is 0.611. The summed E-state index contributed by atoms with van der Waals surface area (Å²) in [6, 6.07) is 8.46. The van der Waals surface area contributed by atoms with E-state index in [-0.39, 0.29) is 18.8 Å². The number of carboxylic acid groups (broad SMARTS) is 1. The van der Waals surface area contributed by atoms with Gasteiger partial charge in [0.2, 0.25) is 0 Å². The Labute approximate surface area is 156 Å². The van der Waals surface area contributed by atoms with E-state index in [4.69, 9.17) is 9.84 Å². The highest BCUT2D eigenvalue weighted by molar-refractivity contribution is 9.11. The van der Waals surface area contributed by atoms with E-state index in [0.29, 0.717) is 38.1 Å². The molecular formula is C17H16Br2FNO3. The van der Waals surface area contributed by atoms with E-state index in [1.54, 1.807) is 30.3 Å². The molecule has 0 saturated carbocycles. The average molecular weight is 461 g/mol. The van der Waals surface area contributed by atoms with Crippen LogP contribution in [0.1, 0.15) is 18.1 Å². The van der Waals surface area contributed by atoms with Gasteiger partial charge in [0.15, 0.2) is 5.82 Å². The Kier molecular flexibility index (Phi) is 6.62. The van der Waals surface area contributed by atoms with Crippen molar-refractivity contribution in [2.75, 3.05) is 11.9 Å². The van der Waals surface area contributed by atoms with Crippen molar-refractivity contribution in [2.45, 2.75) is 20.0 Å². The van der Waals surface area contributed by atoms with Crippen molar-refractivity contribution in [1.29, 1.82) is 0 Å². The Bertz CT molecular complexity index is 730. The van der Waals surface area contributed by atoms with Gasteiger partial charge in [-0.3, -0.25) is 4.79 Å². The van der Waals surface area contributed by atoms with Gasteiger partial charge in [0, 0.05) is 12.1 Å². The predicted molar refractivity (Wildman–Crippen MR) is 98.1 cm³/mol. The van der Waals surface area contributed by atoms with Crippen LogP contribution >= 0.6 is 31.9 Å². The third-order valence-corrected chi connectivity index (χ3v) is 4.41. The first-order valence-electron chi connectivity index (χ1n) is 7.26. The molecule has 0 radical (unpaired) electrons. The van der Waals surface area contributed by atoms with Crippen LogP contribution < -0.4 is 10.1 Å². The fourth-order valence-electron chi connectivity index (χ4n) is 2.20. The van der Waals surface area contributed by atoms with Crippen molar-refractivity contribution in [3.8, 4) is 5.75 Å². The van der Waals surface area contributed by atoms with Crippen LogP contribution in [0.2, 0.25) is 0 Å². The summed E-state index contributed by atoms with van der Waals surface area (Å²) in [6.45, 7) is 2.58. The monoisotopic (exact) mass is 459 g/mol. The molecule has 7 heteroatoms. The summed E-state index contributed by atoms with van der Waals surface area (Å²) in [5.41, 5.74) is 1.50. The minimum absolute atomic E-state index is 0.0561. The molecule has 128 valence electrons. The highest BCUT2D eigenvalue weighted by Crippen LogP contribution is 2.35. The highest BCUT2D eigenvalue weighted by atomic mass is 79.9.